The molecule has 0 unspecified atom stereocenters. The van der Waals surface area contributed by atoms with Crippen LogP contribution in [0.25, 0.3) is 0 Å². The molecule has 17 heavy (non-hydrogen) atoms. The molecular formula is C11H13ClN2O3. The highest BCUT2D eigenvalue weighted by Gasteiger charge is 2.14. The fraction of sp³-hybridized carbons (Fsp3) is 0.273. The number of hydrogen-bond acceptors (Lipinski definition) is 4. The van der Waals surface area contributed by atoms with Gasteiger partial charge in [-0.05, 0) is 12.1 Å². The molecular weight excluding hydrogens is 244 g/mol. The normalized spacial score (nSPS) is 10.0. The summed E-state index contributed by atoms with van der Waals surface area (Å²) in [5.41, 5.74) is -0.198. The minimum Gasteiger partial charge on any atom is -0.476 e. The molecule has 0 radical (unpaired) electrons. The third-order valence-electron chi connectivity index (χ3n) is 2.08. The van der Waals surface area contributed by atoms with Crippen LogP contribution < -0.4 is 4.90 Å². The summed E-state index contributed by atoms with van der Waals surface area (Å²) >= 11 is 5.72. The van der Waals surface area contributed by atoms with Gasteiger partial charge >= 0.3 is 5.97 Å². The fourth-order valence-electron chi connectivity index (χ4n) is 1.33. The Morgan fingerprint density at radius 3 is 2.82 bits per heavy atom. The van der Waals surface area contributed by atoms with Crippen molar-refractivity contribution in [1.29, 1.82) is 0 Å². The van der Waals surface area contributed by atoms with E-state index >= 15 is 0 Å². The number of rotatable bonds is 6. The molecule has 1 rings (SSSR count). The Hall–Kier alpha value is -1.59. The summed E-state index contributed by atoms with van der Waals surface area (Å²) in [6.07, 6.45) is 1.65. The number of aliphatic hydroxyl groups is 1. The lowest BCUT2D eigenvalue weighted by Gasteiger charge is -2.21. The lowest BCUT2D eigenvalue weighted by Crippen LogP contribution is -2.28. The highest BCUT2D eigenvalue weighted by molar-refractivity contribution is 6.33. The maximum absolute atomic E-state index is 10.9. The van der Waals surface area contributed by atoms with Crippen molar-refractivity contribution in [2.24, 2.45) is 0 Å². The number of aromatic carboxylic acids is 1. The molecule has 6 heteroatoms. The number of anilines is 1. The third kappa shape index (κ3) is 3.44. The van der Waals surface area contributed by atoms with Crippen LogP contribution in [0.1, 0.15) is 10.5 Å². The first-order chi connectivity index (χ1) is 8.10. The Kier molecular flexibility index (Phi) is 4.93. The first kappa shape index (κ1) is 13.5. The van der Waals surface area contributed by atoms with Gasteiger partial charge in [-0.1, -0.05) is 17.7 Å². The Bertz CT molecular complexity index is 423. The zero-order valence-electron chi connectivity index (χ0n) is 9.14. The van der Waals surface area contributed by atoms with E-state index in [9.17, 15) is 4.79 Å². The molecule has 0 fully saturated rings. The van der Waals surface area contributed by atoms with Crippen LogP contribution in [-0.4, -0.2) is 40.9 Å². The molecule has 0 aliphatic carbocycles. The lowest BCUT2D eigenvalue weighted by molar-refractivity contribution is 0.0691. The number of aliphatic hydroxyl groups excluding tert-OH is 1. The molecule has 5 nitrogen and oxygen atoms in total. The number of carboxylic acid groups (broad SMARTS) is 1. The van der Waals surface area contributed by atoms with Crippen LogP contribution in [0, 0.1) is 0 Å². The molecule has 0 aliphatic rings. The van der Waals surface area contributed by atoms with Crippen molar-refractivity contribution in [3.05, 3.63) is 35.5 Å². The van der Waals surface area contributed by atoms with Gasteiger partial charge in [0.05, 0.1) is 11.6 Å². The van der Waals surface area contributed by atoms with Crippen molar-refractivity contribution in [3.63, 3.8) is 0 Å². The molecule has 0 bridgehead atoms. The number of nitrogens with zero attached hydrogens (tertiary/aromatic N) is 2. The summed E-state index contributed by atoms with van der Waals surface area (Å²) in [7, 11) is 0. The molecule has 1 aromatic heterocycles. The van der Waals surface area contributed by atoms with Gasteiger partial charge in [-0.25, -0.2) is 9.78 Å². The Balaban J connectivity index is 3.07. The molecule has 0 atom stereocenters. The second-order valence-electron chi connectivity index (χ2n) is 3.26. The van der Waals surface area contributed by atoms with E-state index in [-0.39, 0.29) is 17.3 Å². The average Bonchev–Trinajstić information content (AvgIpc) is 2.29. The average molecular weight is 257 g/mol. The van der Waals surface area contributed by atoms with Gasteiger partial charge in [-0.2, -0.15) is 0 Å². The lowest BCUT2D eigenvalue weighted by atomic mass is 10.3. The van der Waals surface area contributed by atoms with E-state index < -0.39 is 5.97 Å². The van der Waals surface area contributed by atoms with Gasteiger partial charge < -0.3 is 15.1 Å². The number of carboxylic acids is 1. The van der Waals surface area contributed by atoms with Gasteiger partial charge in [0.2, 0.25) is 0 Å². The van der Waals surface area contributed by atoms with Gasteiger partial charge in [0.1, 0.15) is 5.82 Å². The first-order valence-corrected chi connectivity index (χ1v) is 5.34. The zero-order valence-corrected chi connectivity index (χ0v) is 9.89. The maximum Gasteiger partial charge on any atom is 0.356 e. The van der Waals surface area contributed by atoms with Crippen LogP contribution in [0.5, 0.6) is 0 Å². The second-order valence-corrected chi connectivity index (χ2v) is 3.67. The summed E-state index contributed by atoms with van der Waals surface area (Å²) in [5.74, 6) is -0.736. The third-order valence-corrected chi connectivity index (χ3v) is 2.38. The van der Waals surface area contributed by atoms with Gasteiger partial charge in [0, 0.05) is 13.1 Å². The smallest absolute Gasteiger partial charge is 0.356 e. The molecule has 2 N–H and O–H groups in total. The minimum absolute atomic E-state index is 0.0550. The molecule has 0 saturated carbocycles. The van der Waals surface area contributed by atoms with Crippen molar-refractivity contribution < 1.29 is 15.0 Å². The van der Waals surface area contributed by atoms with Gasteiger partial charge in [-0.3, -0.25) is 0 Å². The van der Waals surface area contributed by atoms with Crippen LogP contribution in [0.4, 0.5) is 5.82 Å². The largest absolute Gasteiger partial charge is 0.476 e. The van der Waals surface area contributed by atoms with Crippen molar-refractivity contribution in [3.8, 4) is 0 Å². The van der Waals surface area contributed by atoms with Crippen molar-refractivity contribution >= 4 is 23.4 Å². The minimum atomic E-state index is -1.18. The van der Waals surface area contributed by atoms with Crippen LogP contribution >= 0.6 is 11.6 Å². The first-order valence-electron chi connectivity index (χ1n) is 4.96. The Morgan fingerprint density at radius 2 is 2.29 bits per heavy atom. The molecule has 1 heterocycles. The number of hydrogen-bond donors (Lipinski definition) is 2. The number of carbonyl (C=O) groups is 1. The van der Waals surface area contributed by atoms with Crippen LogP contribution in [0.2, 0.25) is 5.02 Å². The quantitative estimate of drug-likeness (QED) is 0.753. The Morgan fingerprint density at radius 1 is 1.59 bits per heavy atom. The van der Waals surface area contributed by atoms with Crippen LogP contribution in [-0.2, 0) is 0 Å². The summed E-state index contributed by atoms with van der Waals surface area (Å²) in [6.45, 7) is 4.35. The standard InChI is InChI=1S/C11H13ClN2O3/c1-2-5-14(6-7-15)9-4-3-8(12)10(13-9)11(16)17/h2-4,15H,1,5-7H2,(H,16,17). The maximum atomic E-state index is 10.9. The van der Waals surface area contributed by atoms with Crippen molar-refractivity contribution in [1.82, 2.24) is 4.98 Å². The molecule has 0 saturated heterocycles. The molecule has 92 valence electrons. The van der Waals surface area contributed by atoms with Crippen molar-refractivity contribution in [2.45, 2.75) is 0 Å². The monoisotopic (exact) mass is 256 g/mol. The van der Waals surface area contributed by atoms with Crippen LogP contribution in [0.15, 0.2) is 24.8 Å². The topological polar surface area (TPSA) is 73.7 Å². The SMILES string of the molecule is C=CCN(CCO)c1ccc(Cl)c(C(=O)O)n1. The number of halogens is 1. The molecule has 0 spiro atoms. The molecule has 0 aliphatic heterocycles. The van der Waals surface area contributed by atoms with Gasteiger partial charge in [0.15, 0.2) is 5.69 Å². The van der Waals surface area contributed by atoms with E-state index in [4.69, 9.17) is 21.8 Å². The van der Waals surface area contributed by atoms with E-state index in [1.165, 1.54) is 6.07 Å². The summed E-state index contributed by atoms with van der Waals surface area (Å²) in [6, 6.07) is 3.08. The number of pyridine rings is 1. The van der Waals surface area contributed by atoms with E-state index in [0.29, 0.717) is 18.9 Å². The molecule has 1 aromatic rings. The van der Waals surface area contributed by atoms with Crippen molar-refractivity contribution in [2.75, 3.05) is 24.6 Å². The van der Waals surface area contributed by atoms with Crippen LogP contribution in [0.3, 0.4) is 0 Å². The fourth-order valence-corrected chi connectivity index (χ4v) is 1.52. The van der Waals surface area contributed by atoms with E-state index in [0.717, 1.165) is 0 Å². The zero-order chi connectivity index (χ0) is 12.8. The summed E-state index contributed by atoms with van der Waals surface area (Å²) < 4.78 is 0. The highest BCUT2D eigenvalue weighted by Crippen LogP contribution is 2.19. The van der Waals surface area contributed by atoms with Gasteiger partial charge in [-0.15, -0.1) is 6.58 Å². The van der Waals surface area contributed by atoms with Gasteiger partial charge in [0.25, 0.3) is 0 Å². The Labute approximate surface area is 104 Å². The van der Waals surface area contributed by atoms with E-state index in [2.05, 4.69) is 11.6 Å². The summed E-state index contributed by atoms with van der Waals surface area (Å²) in [4.78, 5) is 16.5. The molecule has 0 amide bonds. The van der Waals surface area contributed by atoms with E-state index in [1.807, 2.05) is 0 Å². The predicted molar refractivity (Wildman–Crippen MR) is 65.7 cm³/mol. The highest BCUT2D eigenvalue weighted by atomic mass is 35.5. The predicted octanol–water partition coefficient (Wildman–Crippen LogP) is 1.42. The number of aromatic nitrogens is 1. The summed E-state index contributed by atoms with van der Waals surface area (Å²) in [5, 5.41) is 17.9. The van der Waals surface area contributed by atoms with E-state index in [1.54, 1.807) is 17.0 Å². The molecule has 0 aromatic carbocycles. The second kappa shape index (κ2) is 6.22.